The SMILES string of the molecule is CCc1cccc(-n2nnn(C)c2=O)c1COc1ccc(-n2nc(C)c(CC)c2C)cc1C. The molecular formula is C25H30N6O2. The Bertz CT molecular complexity index is 1360. The maximum atomic E-state index is 12.4. The van der Waals surface area contributed by atoms with Gasteiger partial charge in [-0.2, -0.15) is 14.5 Å². The van der Waals surface area contributed by atoms with E-state index in [1.807, 2.05) is 41.9 Å². The number of ether oxygens (including phenoxy) is 1. The van der Waals surface area contributed by atoms with Crippen molar-refractivity contribution < 1.29 is 4.74 Å². The Labute approximate surface area is 193 Å². The minimum Gasteiger partial charge on any atom is -0.489 e. The predicted molar refractivity (Wildman–Crippen MR) is 127 cm³/mol. The van der Waals surface area contributed by atoms with E-state index in [1.165, 1.54) is 20.6 Å². The Morgan fingerprint density at radius 1 is 0.939 bits per heavy atom. The van der Waals surface area contributed by atoms with E-state index in [9.17, 15) is 4.79 Å². The molecule has 0 aliphatic heterocycles. The fourth-order valence-corrected chi connectivity index (χ4v) is 4.30. The lowest BCUT2D eigenvalue weighted by atomic mass is 10.0. The first-order valence-corrected chi connectivity index (χ1v) is 11.2. The van der Waals surface area contributed by atoms with Gasteiger partial charge in [-0.05, 0) is 85.0 Å². The molecule has 8 nitrogen and oxygen atoms in total. The van der Waals surface area contributed by atoms with Crippen LogP contribution in [-0.4, -0.2) is 29.6 Å². The predicted octanol–water partition coefficient (Wildman–Crippen LogP) is 3.78. The van der Waals surface area contributed by atoms with Crippen molar-refractivity contribution in [2.24, 2.45) is 7.05 Å². The molecule has 0 radical (unpaired) electrons. The van der Waals surface area contributed by atoms with E-state index in [0.717, 1.165) is 46.7 Å². The van der Waals surface area contributed by atoms with Crippen molar-refractivity contribution in [1.82, 2.24) is 29.6 Å². The van der Waals surface area contributed by atoms with Gasteiger partial charge in [0.15, 0.2) is 0 Å². The van der Waals surface area contributed by atoms with Crippen molar-refractivity contribution in [3.8, 4) is 17.1 Å². The number of nitrogens with zero attached hydrogens (tertiary/aromatic N) is 6. The first kappa shape index (κ1) is 22.5. The van der Waals surface area contributed by atoms with Crippen LogP contribution < -0.4 is 10.4 Å². The minimum absolute atomic E-state index is 0.290. The normalized spacial score (nSPS) is 11.2. The van der Waals surface area contributed by atoms with Crippen LogP contribution in [0.3, 0.4) is 0 Å². The smallest absolute Gasteiger partial charge is 0.368 e. The third kappa shape index (κ3) is 4.08. The van der Waals surface area contributed by atoms with Crippen molar-refractivity contribution in [3.05, 3.63) is 80.5 Å². The van der Waals surface area contributed by atoms with Gasteiger partial charge in [0.25, 0.3) is 0 Å². The quantitative estimate of drug-likeness (QED) is 0.432. The van der Waals surface area contributed by atoms with E-state index in [1.54, 1.807) is 7.05 Å². The molecule has 0 atom stereocenters. The fourth-order valence-electron chi connectivity index (χ4n) is 4.30. The van der Waals surface area contributed by atoms with Crippen LogP contribution in [0, 0.1) is 20.8 Å². The van der Waals surface area contributed by atoms with Crippen LogP contribution in [0.25, 0.3) is 11.4 Å². The summed E-state index contributed by atoms with van der Waals surface area (Å²) in [6, 6.07) is 12.0. The van der Waals surface area contributed by atoms with Gasteiger partial charge < -0.3 is 4.74 Å². The van der Waals surface area contributed by atoms with Crippen molar-refractivity contribution in [3.63, 3.8) is 0 Å². The fraction of sp³-hybridized carbons (Fsp3) is 0.360. The molecular weight excluding hydrogens is 416 g/mol. The molecule has 0 fully saturated rings. The molecule has 172 valence electrons. The zero-order valence-corrected chi connectivity index (χ0v) is 20.1. The molecule has 0 saturated carbocycles. The molecule has 0 spiro atoms. The number of rotatable bonds is 7. The summed E-state index contributed by atoms with van der Waals surface area (Å²) in [6.45, 7) is 10.8. The van der Waals surface area contributed by atoms with E-state index < -0.39 is 0 Å². The van der Waals surface area contributed by atoms with Crippen LogP contribution in [0.4, 0.5) is 0 Å². The van der Waals surface area contributed by atoms with E-state index in [-0.39, 0.29) is 5.69 Å². The number of benzene rings is 2. The van der Waals surface area contributed by atoms with Crippen LogP contribution in [0.2, 0.25) is 0 Å². The van der Waals surface area contributed by atoms with Gasteiger partial charge >= 0.3 is 5.69 Å². The molecule has 33 heavy (non-hydrogen) atoms. The Balaban J connectivity index is 1.64. The summed E-state index contributed by atoms with van der Waals surface area (Å²) >= 11 is 0. The van der Waals surface area contributed by atoms with Gasteiger partial charge in [0.2, 0.25) is 0 Å². The first-order chi connectivity index (χ1) is 15.8. The number of aryl methyl sites for hydroxylation is 4. The number of hydrogen-bond acceptors (Lipinski definition) is 5. The van der Waals surface area contributed by atoms with Gasteiger partial charge in [-0.3, -0.25) is 0 Å². The highest BCUT2D eigenvalue weighted by molar-refractivity contribution is 5.47. The lowest BCUT2D eigenvalue weighted by molar-refractivity contribution is 0.302. The maximum Gasteiger partial charge on any atom is 0.368 e. The summed E-state index contributed by atoms with van der Waals surface area (Å²) in [6.07, 6.45) is 1.78. The van der Waals surface area contributed by atoms with E-state index in [0.29, 0.717) is 12.3 Å². The Kier molecular flexibility index (Phi) is 6.18. The maximum absolute atomic E-state index is 12.4. The van der Waals surface area contributed by atoms with Crippen LogP contribution >= 0.6 is 0 Å². The monoisotopic (exact) mass is 446 g/mol. The number of tetrazole rings is 1. The van der Waals surface area contributed by atoms with Gasteiger partial charge in [-0.25, -0.2) is 9.48 Å². The molecule has 8 heteroatoms. The second-order valence-corrected chi connectivity index (χ2v) is 8.22. The minimum atomic E-state index is -0.290. The molecule has 0 bridgehead atoms. The van der Waals surface area contributed by atoms with Crippen LogP contribution in [0.5, 0.6) is 5.75 Å². The second kappa shape index (κ2) is 9.05. The summed E-state index contributed by atoms with van der Waals surface area (Å²) in [5, 5.41) is 12.6. The standard InChI is InChI=1S/C25H30N6O2/c1-7-19-10-9-11-23(31-25(32)29(6)27-28-31)22(19)15-33-24-13-12-20(14-16(24)3)30-18(5)21(8-2)17(4)26-30/h9-14H,7-8,15H2,1-6H3. The summed E-state index contributed by atoms with van der Waals surface area (Å²) in [5.41, 5.74) is 7.99. The lowest BCUT2D eigenvalue weighted by Crippen LogP contribution is -2.23. The third-order valence-corrected chi connectivity index (χ3v) is 6.15. The van der Waals surface area contributed by atoms with Gasteiger partial charge in [0, 0.05) is 18.3 Å². The van der Waals surface area contributed by atoms with E-state index in [2.05, 4.69) is 44.2 Å². The van der Waals surface area contributed by atoms with E-state index >= 15 is 0 Å². The molecule has 4 aromatic rings. The average Bonchev–Trinajstić information content (AvgIpc) is 3.29. The summed E-state index contributed by atoms with van der Waals surface area (Å²) < 4.78 is 10.8. The van der Waals surface area contributed by atoms with Gasteiger partial charge in [-0.15, -0.1) is 0 Å². The molecule has 2 aromatic carbocycles. The van der Waals surface area contributed by atoms with Crippen LogP contribution in [0.1, 0.15) is 47.5 Å². The van der Waals surface area contributed by atoms with Gasteiger partial charge in [-0.1, -0.05) is 26.0 Å². The molecule has 0 unspecified atom stereocenters. The molecule has 0 amide bonds. The highest BCUT2D eigenvalue weighted by Gasteiger charge is 2.16. The topological polar surface area (TPSA) is 79.8 Å². The van der Waals surface area contributed by atoms with E-state index in [4.69, 9.17) is 9.84 Å². The van der Waals surface area contributed by atoms with Gasteiger partial charge in [0.05, 0.1) is 17.1 Å². The Morgan fingerprint density at radius 2 is 1.73 bits per heavy atom. The number of hydrogen-bond donors (Lipinski definition) is 0. The lowest BCUT2D eigenvalue weighted by Gasteiger charge is -2.16. The molecule has 4 rings (SSSR count). The molecule has 0 aliphatic rings. The highest BCUT2D eigenvalue weighted by atomic mass is 16.5. The summed E-state index contributed by atoms with van der Waals surface area (Å²) in [4.78, 5) is 12.4. The zero-order valence-electron chi connectivity index (χ0n) is 20.1. The second-order valence-electron chi connectivity index (χ2n) is 8.22. The number of aromatic nitrogens is 6. The Morgan fingerprint density at radius 3 is 2.33 bits per heavy atom. The van der Waals surface area contributed by atoms with Crippen molar-refractivity contribution in [2.45, 2.75) is 54.1 Å². The molecule has 0 saturated heterocycles. The van der Waals surface area contributed by atoms with Crippen LogP contribution in [-0.2, 0) is 26.5 Å². The molecule has 0 N–H and O–H groups in total. The van der Waals surface area contributed by atoms with Crippen molar-refractivity contribution >= 4 is 0 Å². The zero-order chi connectivity index (χ0) is 23.7. The Hall–Kier alpha value is -3.68. The largest absolute Gasteiger partial charge is 0.489 e. The first-order valence-electron chi connectivity index (χ1n) is 11.2. The summed E-state index contributed by atoms with van der Waals surface area (Å²) in [5.74, 6) is 0.791. The van der Waals surface area contributed by atoms with Crippen molar-refractivity contribution in [1.29, 1.82) is 0 Å². The van der Waals surface area contributed by atoms with Crippen LogP contribution in [0.15, 0.2) is 41.2 Å². The molecule has 2 aromatic heterocycles. The highest BCUT2D eigenvalue weighted by Crippen LogP contribution is 2.26. The average molecular weight is 447 g/mol. The van der Waals surface area contributed by atoms with Crippen molar-refractivity contribution in [2.75, 3.05) is 0 Å². The molecule has 2 heterocycles. The van der Waals surface area contributed by atoms with Gasteiger partial charge in [0.1, 0.15) is 12.4 Å². The third-order valence-electron chi connectivity index (χ3n) is 6.15. The molecule has 0 aliphatic carbocycles. The summed E-state index contributed by atoms with van der Waals surface area (Å²) in [7, 11) is 1.59.